The van der Waals surface area contributed by atoms with Gasteiger partial charge in [0.25, 0.3) is 5.91 Å². The van der Waals surface area contributed by atoms with Crippen LogP contribution in [0.5, 0.6) is 0 Å². The number of piperidine rings is 1. The van der Waals surface area contributed by atoms with Crippen molar-refractivity contribution in [2.75, 3.05) is 13.1 Å². The number of nitrogens with one attached hydrogen (secondary N) is 4. The summed E-state index contributed by atoms with van der Waals surface area (Å²) in [4.78, 5) is 76.8. The number of rotatable bonds is 10. The topological polar surface area (TPSA) is 180 Å². The zero-order valence-corrected chi connectivity index (χ0v) is 23.9. The van der Waals surface area contributed by atoms with E-state index in [4.69, 9.17) is 5.73 Å². The number of Topliss-reactive ketones (excluding diaryl/α,β-unsaturated/α-hetero) is 1. The highest BCUT2D eigenvalue weighted by atomic mass is 16.2. The number of hydrogen-bond acceptors (Lipinski definition) is 6. The van der Waals surface area contributed by atoms with Crippen LogP contribution in [0.25, 0.3) is 0 Å². The average Bonchev–Trinajstić information content (AvgIpc) is 3.10. The quantitative estimate of drug-likeness (QED) is 0.243. The van der Waals surface area contributed by atoms with Gasteiger partial charge < -0.3 is 31.9 Å². The SMILES string of the molecule is CC(C)NC(=O)[C@@H](NC(=O)N[C@H](C(=O)N1C[C@H]2[C@@H]([C@H]1C(=O)NCC(=O)C(N)=O)C2(C)C)C(C)(C)C)C(C)C. The van der Waals surface area contributed by atoms with Crippen molar-refractivity contribution in [3.05, 3.63) is 0 Å². The summed E-state index contributed by atoms with van der Waals surface area (Å²) in [7, 11) is 0. The van der Waals surface area contributed by atoms with Crippen LogP contribution in [0.2, 0.25) is 0 Å². The van der Waals surface area contributed by atoms with Crippen molar-refractivity contribution < 1.29 is 28.8 Å². The van der Waals surface area contributed by atoms with Gasteiger partial charge in [0.15, 0.2) is 0 Å². The van der Waals surface area contributed by atoms with E-state index < -0.39 is 59.6 Å². The van der Waals surface area contributed by atoms with Crippen LogP contribution in [0, 0.1) is 28.6 Å². The zero-order valence-electron chi connectivity index (χ0n) is 23.9. The fourth-order valence-corrected chi connectivity index (χ4v) is 5.21. The van der Waals surface area contributed by atoms with E-state index in [9.17, 15) is 28.8 Å². The van der Waals surface area contributed by atoms with E-state index in [1.165, 1.54) is 4.90 Å². The van der Waals surface area contributed by atoms with Crippen LogP contribution in [-0.4, -0.2) is 77.6 Å². The number of amides is 6. The molecule has 0 unspecified atom stereocenters. The molecule has 0 aromatic rings. The van der Waals surface area contributed by atoms with Crippen molar-refractivity contribution in [2.45, 2.75) is 86.5 Å². The number of ketones is 1. The number of nitrogens with two attached hydrogens (primary N) is 1. The Morgan fingerprint density at radius 1 is 0.974 bits per heavy atom. The van der Waals surface area contributed by atoms with E-state index in [-0.39, 0.29) is 35.1 Å². The second-order valence-electron chi connectivity index (χ2n) is 12.7. The molecule has 12 heteroatoms. The van der Waals surface area contributed by atoms with Gasteiger partial charge in [-0.15, -0.1) is 0 Å². The van der Waals surface area contributed by atoms with Crippen molar-refractivity contribution in [3.63, 3.8) is 0 Å². The minimum absolute atomic E-state index is 0.0773. The van der Waals surface area contributed by atoms with Gasteiger partial charge in [0.1, 0.15) is 18.1 Å². The first-order chi connectivity index (χ1) is 17.3. The molecule has 214 valence electrons. The van der Waals surface area contributed by atoms with Crippen LogP contribution in [-0.2, 0) is 24.0 Å². The lowest BCUT2D eigenvalue weighted by Gasteiger charge is -2.37. The predicted octanol–water partition coefficient (Wildman–Crippen LogP) is -0.0969. The molecule has 2 aliphatic rings. The normalized spacial score (nSPS) is 23.2. The van der Waals surface area contributed by atoms with Crippen LogP contribution in [0.3, 0.4) is 0 Å². The second kappa shape index (κ2) is 11.3. The Bertz CT molecular complexity index is 985. The summed E-state index contributed by atoms with van der Waals surface area (Å²) >= 11 is 0. The Labute approximate surface area is 224 Å². The van der Waals surface area contributed by atoms with E-state index in [1.807, 2.05) is 41.5 Å². The minimum atomic E-state index is -1.15. The first-order valence-corrected chi connectivity index (χ1v) is 13.1. The molecule has 0 spiro atoms. The van der Waals surface area contributed by atoms with E-state index in [1.54, 1.807) is 20.8 Å². The van der Waals surface area contributed by atoms with Crippen molar-refractivity contribution in [2.24, 2.45) is 34.3 Å². The van der Waals surface area contributed by atoms with Crippen molar-refractivity contribution >= 4 is 35.4 Å². The number of primary amides is 1. The molecule has 0 aromatic carbocycles. The summed E-state index contributed by atoms with van der Waals surface area (Å²) < 4.78 is 0. The van der Waals surface area contributed by atoms with Crippen LogP contribution in [0.4, 0.5) is 4.79 Å². The lowest BCUT2D eigenvalue weighted by Crippen LogP contribution is -2.62. The van der Waals surface area contributed by atoms with E-state index in [2.05, 4.69) is 21.3 Å². The summed E-state index contributed by atoms with van der Waals surface area (Å²) in [5, 5.41) is 10.7. The third kappa shape index (κ3) is 6.82. The third-order valence-electron chi connectivity index (χ3n) is 7.51. The van der Waals surface area contributed by atoms with E-state index in [0.717, 1.165) is 0 Å². The van der Waals surface area contributed by atoms with Crippen molar-refractivity contribution in [1.29, 1.82) is 0 Å². The summed E-state index contributed by atoms with van der Waals surface area (Å²) in [6, 6.07) is -3.46. The average molecular weight is 537 g/mol. The van der Waals surface area contributed by atoms with Crippen LogP contribution < -0.4 is 27.0 Å². The summed E-state index contributed by atoms with van der Waals surface area (Å²) in [5.41, 5.74) is 4.08. The molecule has 2 fully saturated rings. The van der Waals surface area contributed by atoms with Gasteiger partial charge in [-0.25, -0.2) is 4.79 Å². The summed E-state index contributed by atoms with van der Waals surface area (Å²) in [6.07, 6.45) is 0. The van der Waals surface area contributed by atoms with E-state index >= 15 is 0 Å². The summed E-state index contributed by atoms with van der Waals surface area (Å²) in [5.74, 6) is -3.66. The molecule has 1 aliphatic carbocycles. The number of carbonyl (C=O) groups excluding carboxylic acids is 6. The fourth-order valence-electron chi connectivity index (χ4n) is 5.21. The minimum Gasteiger partial charge on any atom is -0.363 e. The number of likely N-dealkylation sites (tertiary alicyclic amines) is 1. The molecule has 0 radical (unpaired) electrons. The van der Waals surface area contributed by atoms with Gasteiger partial charge in [-0.2, -0.15) is 0 Å². The number of fused-ring (bicyclic) bond motifs is 1. The molecule has 12 nitrogen and oxygen atoms in total. The first kappa shape index (κ1) is 31.0. The third-order valence-corrected chi connectivity index (χ3v) is 7.51. The number of carbonyl (C=O) groups is 6. The van der Waals surface area contributed by atoms with Crippen LogP contribution in [0.1, 0.15) is 62.3 Å². The predicted molar refractivity (Wildman–Crippen MR) is 140 cm³/mol. The van der Waals surface area contributed by atoms with Gasteiger partial charge in [-0.3, -0.25) is 24.0 Å². The molecule has 0 aromatic heterocycles. The lowest BCUT2D eigenvalue weighted by atomic mass is 9.85. The van der Waals surface area contributed by atoms with Gasteiger partial charge in [0, 0.05) is 12.6 Å². The van der Waals surface area contributed by atoms with Gasteiger partial charge in [0.2, 0.25) is 23.5 Å². The standard InChI is InChI=1S/C26H44N6O6/c1-12(2)17(21(35)29-13(3)4)30-24(38)31-19(25(5,6)7)23(37)32-11-14-16(26(14,8)9)18(32)22(36)28-10-15(33)20(27)34/h12-14,16-19H,10-11H2,1-9H3,(H2,27,34)(H,28,36)(H,29,35)(H2,30,31,38)/t14-,16-,17-,18-,19+/m0/s1. The molecule has 1 heterocycles. The molecular formula is C26H44N6O6. The van der Waals surface area contributed by atoms with Gasteiger partial charge in [-0.05, 0) is 42.4 Å². The zero-order chi connectivity index (χ0) is 29.3. The molecule has 5 atom stereocenters. The highest BCUT2D eigenvalue weighted by molar-refractivity contribution is 6.36. The Balaban J connectivity index is 2.23. The maximum atomic E-state index is 13.8. The largest absolute Gasteiger partial charge is 0.363 e. The Morgan fingerprint density at radius 2 is 1.55 bits per heavy atom. The Hall–Kier alpha value is -3.18. The maximum absolute atomic E-state index is 13.8. The van der Waals surface area contributed by atoms with Gasteiger partial charge in [-0.1, -0.05) is 48.5 Å². The molecule has 1 aliphatic heterocycles. The van der Waals surface area contributed by atoms with Gasteiger partial charge in [0.05, 0.1) is 6.54 Å². The highest BCUT2D eigenvalue weighted by Crippen LogP contribution is 2.65. The molecule has 6 amide bonds. The summed E-state index contributed by atoms with van der Waals surface area (Å²) in [6.45, 7) is 16.4. The molecule has 1 saturated heterocycles. The Morgan fingerprint density at radius 3 is 2.03 bits per heavy atom. The van der Waals surface area contributed by atoms with Crippen molar-refractivity contribution in [1.82, 2.24) is 26.2 Å². The molecule has 0 bridgehead atoms. The number of urea groups is 1. The van der Waals surface area contributed by atoms with Gasteiger partial charge >= 0.3 is 6.03 Å². The lowest BCUT2D eigenvalue weighted by molar-refractivity contribution is -0.144. The molecular weight excluding hydrogens is 492 g/mol. The molecule has 6 N–H and O–H groups in total. The Kier molecular flexibility index (Phi) is 9.22. The van der Waals surface area contributed by atoms with Crippen LogP contribution in [0.15, 0.2) is 0 Å². The van der Waals surface area contributed by atoms with E-state index in [0.29, 0.717) is 6.54 Å². The number of nitrogens with zero attached hydrogens (tertiary/aromatic N) is 1. The molecule has 1 saturated carbocycles. The fraction of sp³-hybridized carbons (Fsp3) is 0.769. The highest BCUT2D eigenvalue weighted by Gasteiger charge is 2.69. The molecule has 2 rings (SSSR count). The smallest absolute Gasteiger partial charge is 0.316 e. The first-order valence-electron chi connectivity index (χ1n) is 13.1. The number of hydrogen-bond donors (Lipinski definition) is 5. The maximum Gasteiger partial charge on any atom is 0.316 e. The second-order valence-corrected chi connectivity index (χ2v) is 12.7. The van der Waals surface area contributed by atoms with Crippen LogP contribution >= 0.6 is 0 Å². The monoisotopic (exact) mass is 536 g/mol. The molecule has 38 heavy (non-hydrogen) atoms. The van der Waals surface area contributed by atoms with Crippen molar-refractivity contribution in [3.8, 4) is 0 Å².